The third-order valence-electron chi connectivity index (χ3n) is 2.37. The largest absolute Gasteiger partial charge is 0.485 e. The first kappa shape index (κ1) is 9.80. The Kier molecular flexibility index (Phi) is 2.93. The number of ether oxygens (including phenoxy) is 2. The Balaban J connectivity index is 1.94. The molecule has 0 bridgehead atoms. The molecule has 0 amide bonds. The van der Waals surface area contributed by atoms with Crippen LogP contribution in [0.5, 0.6) is 11.5 Å². The van der Waals surface area contributed by atoms with E-state index in [1.54, 1.807) is 11.3 Å². The van der Waals surface area contributed by atoms with Gasteiger partial charge in [-0.05, 0) is 13.6 Å². The van der Waals surface area contributed by atoms with Crippen LogP contribution in [0.1, 0.15) is 6.92 Å². The van der Waals surface area contributed by atoms with Crippen LogP contribution in [0.2, 0.25) is 0 Å². The lowest BCUT2D eigenvalue weighted by Gasteiger charge is -2.27. The highest BCUT2D eigenvalue weighted by molar-refractivity contribution is 7.08. The minimum absolute atomic E-state index is 0.169. The molecule has 0 aliphatic carbocycles. The second kappa shape index (κ2) is 4.19. The summed E-state index contributed by atoms with van der Waals surface area (Å²) in [5, 5.41) is 3.97. The number of hydrogen-bond donors (Lipinski definition) is 0. The summed E-state index contributed by atoms with van der Waals surface area (Å²) >= 11 is 1.62. The van der Waals surface area contributed by atoms with Gasteiger partial charge in [0, 0.05) is 17.3 Å². The van der Waals surface area contributed by atoms with E-state index in [0.29, 0.717) is 6.61 Å². The van der Waals surface area contributed by atoms with Crippen LogP contribution in [0.3, 0.4) is 0 Å². The molecule has 0 radical (unpaired) electrons. The van der Waals surface area contributed by atoms with Gasteiger partial charge >= 0.3 is 0 Å². The third kappa shape index (κ3) is 2.01. The normalized spacial score (nSPS) is 20.1. The van der Waals surface area contributed by atoms with Crippen LogP contribution in [0.25, 0.3) is 0 Å². The Bertz CT molecular complexity index is 300. The molecule has 0 N–H and O–H groups in total. The molecule has 0 spiro atoms. The third-order valence-corrected chi connectivity index (χ3v) is 3.07. The zero-order valence-corrected chi connectivity index (χ0v) is 9.34. The summed E-state index contributed by atoms with van der Waals surface area (Å²) in [5.41, 5.74) is 0. The van der Waals surface area contributed by atoms with E-state index < -0.39 is 0 Å². The van der Waals surface area contributed by atoms with Gasteiger partial charge in [0.2, 0.25) is 0 Å². The minimum atomic E-state index is 0.169. The van der Waals surface area contributed by atoms with Crippen LogP contribution in [-0.2, 0) is 0 Å². The molecule has 2 rings (SSSR count). The van der Waals surface area contributed by atoms with Gasteiger partial charge in [-0.15, -0.1) is 11.3 Å². The highest BCUT2D eigenvalue weighted by atomic mass is 32.1. The van der Waals surface area contributed by atoms with Gasteiger partial charge in [0.1, 0.15) is 12.7 Å². The highest BCUT2D eigenvalue weighted by Gasteiger charge is 2.22. The summed E-state index contributed by atoms with van der Waals surface area (Å²) in [4.78, 5) is 2.23. The van der Waals surface area contributed by atoms with Crippen LogP contribution in [0.15, 0.2) is 10.8 Å². The van der Waals surface area contributed by atoms with Crippen molar-refractivity contribution < 1.29 is 9.47 Å². The van der Waals surface area contributed by atoms with Crippen molar-refractivity contribution in [3.8, 4) is 11.5 Å². The second-order valence-corrected chi connectivity index (χ2v) is 4.25. The van der Waals surface area contributed by atoms with Crippen LogP contribution >= 0.6 is 11.3 Å². The number of hydrogen-bond acceptors (Lipinski definition) is 4. The fourth-order valence-corrected chi connectivity index (χ4v) is 2.10. The van der Waals surface area contributed by atoms with Crippen molar-refractivity contribution in [2.45, 2.75) is 13.0 Å². The lowest BCUT2D eigenvalue weighted by Crippen LogP contribution is -2.39. The smallest absolute Gasteiger partial charge is 0.172 e. The van der Waals surface area contributed by atoms with Crippen molar-refractivity contribution in [2.75, 3.05) is 26.7 Å². The molecule has 3 nitrogen and oxygen atoms in total. The zero-order chi connectivity index (χ0) is 9.97. The van der Waals surface area contributed by atoms with Crippen molar-refractivity contribution in [3.63, 3.8) is 0 Å². The van der Waals surface area contributed by atoms with Gasteiger partial charge in [0.15, 0.2) is 11.5 Å². The number of thiophene rings is 1. The SMILES string of the molecule is CCN(C)CC1COc2cscc2O1. The Morgan fingerprint density at radius 1 is 1.50 bits per heavy atom. The topological polar surface area (TPSA) is 21.7 Å². The van der Waals surface area contributed by atoms with Crippen molar-refractivity contribution in [1.29, 1.82) is 0 Å². The number of rotatable bonds is 3. The fourth-order valence-electron chi connectivity index (χ4n) is 1.43. The molecule has 4 heteroatoms. The quantitative estimate of drug-likeness (QED) is 0.764. The van der Waals surface area contributed by atoms with E-state index in [1.165, 1.54) is 0 Å². The molecule has 1 aliphatic rings. The lowest BCUT2D eigenvalue weighted by molar-refractivity contribution is 0.0679. The number of likely N-dealkylation sites (N-methyl/N-ethyl adjacent to an activating group) is 1. The summed E-state index contributed by atoms with van der Waals surface area (Å²) in [6, 6.07) is 0. The Morgan fingerprint density at radius 2 is 2.29 bits per heavy atom. The Hall–Kier alpha value is -0.740. The molecular weight excluding hydrogens is 198 g/mol. The summed E-state index contributed by atoms with van der Waals surface area (Å²) in [7, 11) is 2.09. The molecule has 0 aromatic carbocycles. The molecule has 14 heavy (non-hydrogen) atoms. The molecule has 1 atom stereocenters. The van der Waals surface area contributed by atoms with Crippen molar-refractivity contribution in [2.24, 2.45) is 0 Å². The standard InChI is InChI=1S/C10H15NO2S/c1-3-11(2)4-8-5-12-9-6-14-7-10(9)13-8/h6-8H,3-5H2,1-2H3. The lowest BCUT2D eigenvalue weighted by atomic mass is 10.3. The molecule has 0 saturated carbocycles. The summed E-state index contributed by atoms with van der Waals surface area (Å²) in [6.07, 6.45) is 0.169. The van der Waals surface area contributed by atoms with E-state index in [9.17, 15) is 0 Å². The van der Waals surface area contributed by atoms with Gasteiger partial charge in [-0.25, -0.2) is 0 Å². The van der Waals surface area contributed by atoms with Crippen LogP contribution in [0, 0.1) is 0 Å². The maximum atomic E-state index is 5.79. The zero-order valence-electron chi connectivity index (χ0n) is 8.53. The molecule has 1 aliphatic heterocycles. The summed E-state index contributed by atoms with van der Waals surface area (Å²) in [5.74, 6) is 1.79. The van der Waals surface area contributed by atoms with E-state index in [2.05, 4.69) is 18.9 Å². The van der Waals surface area contributed by atoms with Gasteiger partial charge in [0.05, 0.1) is 0 Å². The summed E-state index contributed by atoms with van der Waals surface area (Å²) in [6.45, 7) is 4.76. The average molecular weight is 213 g/mol. The molecule has 1 aromatic rings. The maximum Gasteiger partial charge on any atom is 0.172 e. The number of nitrogens with zero attached hydrogens (tertiary/aromatic N) is 1. The van der Waals surface area contributed by atoms with Crippen molar-refractivity contribution in [1.82, 2.24) is 4.90 Å². The first-order valence-electron chi connectivity index (χ1n) is 4.83. The molecule has 2 heterocycles. The fraction of sp³-hybridized carbons (Fsp3) is 0.600. The van der Waals surface area contributed by atoms with E-state index in [1.807, 2.05) is 10.8 Å². The second-order valence-electron chi connectivity index (χ2n) is 3.51. The van der Waals surface area contributed by atoms with Crippen LogP contribution < -0.4 is 9.47 Å². The summed E-state index contributed by atoms with van der Waals surface area (Å²) < 4.78 is 11.4. The predicted molar refractivity (Wildman–Crippen MR) is 57.4 cm³/mol. The first-order chi connectivity index (χ1) is 6.79. The van der Waals surface area contributed by atoms with Gasteiger partial charge in [-0.3, -0.25) is 0 Å². The van der Waals surface area contributed by atoms with Crippen LogP contribution in [0.4, 0.5) is 0 Å². The van der Waals surface area contributed by atoms with E-state index in [-0.39, 0.29) is 6.10 Å². The van der Waals surface area contributed by atoms with Crippen molar-refractivity contribution in [3.05, 3.63) is 10.8 Å². The Morgan fingerprint density at radius 3 is 3.07 bits per heavy atom. The van der Waals surface area contributed by atoms with E-state index in [4.69, 9.17) is 9.47 Å². The minimum Gasteiger partial charge on any atom is -0.485 e. The van der Waals surface area contributed by atoms with Gasteiger partial charge < -0.3 is 14.4 Å². The predicted octanol–water partition coefficient (Wildman–Crippen LogP) is 1.84. The molecule has 1 unspecified atom stereocenters. The molecule has 0 saturated heterocycles. The van der Waals surface area contributed by atoms with Crippen LogP contribution in [-0.4, -0.2) is 37.7 Å². The van der Waals surface area contributed by atoms with Crippen molar-refractivity contribution >= 4 is 11.3 Å². The van der Waals surface area contributed by atoms with Gasteiger partial charge in [-0.2, -0.15) is 0 Å². The van der Waals surface area contributed by atoms with E-state index in [0.717, 1.165) is 24.6 Å². The Labute approximate surface area is 88.2 Å². The highest BCUT2D eigenvalue weighted by Crippen LogP contribution is 2.35. The average Bonchev–Trinajstić information content (AvgIpc) is 2.64. The van der Waals surface area contributed by atoms with Gasteiger partial charge in [-0.1, -0.05) is 6.92 Å². The monoisotopic (exact) mass is 213 g/mol. The van der Waals surface area contributed by atoms with Gasteiger partial charge in [0.25, 0.3) is 0 Å². The van der Waals surface area contributed by atoms with E-state index >= 15 is 0 Å². The molecular formula is C10H15NO2S. The maximum absolute atomic E-state index is 5.79. The molecule has 78 valence electrons. The first-order valence-corrected chi connectivity index (χ1v) is 5.78. The number of fused-ring (bicyclic) bond motifs is 1. The molecule has 0 fully saturated rings. The molecule has 1 aromatic heterocycles.